The minimum absolute atomic E-state index is 0.861. The number of furan rings is 1. The van der Waals surface area contributed by atoms with Crippen LogP contribution in [0.1, 0.15) is 0 Å². The molecule has 0 fully saturated rings. The lowest BCUT2D eigenvalue weighted by molar-refractivity contribution is 0.669. The van der Waals surface area contributed by atoms with E-state index in [4.69, 9.17) is 14.4 Å². The molecule has 1 aliphatic heterocycles. The van der Waals surface area contributed by atoms with Gasteiger partial charge in [-0.05, 0) is 53.1 Å². The third-order valence-electron chi connectivity index (χ3n) is 8.74. The van der Waals surface area contributed by atoms with Gasteiger partial charge in [0.2, 0.25) is 0 Å². The number of nitrogens with zero attached hydrogens (tertiary/aromatic N) is 3. The number of benzene rings is 6. The Kier molecular flexibility index (Phi) is 4.15. The average Bonchev–Trinajstić information content (AvgIpc) is 3.55. The number of hydrogen-bond donors (Lipinski definition) is 0. The van der Waals surface area contributed by atoms with E-state index in [9.17, 15) is 0 Å². The molecule has 0 bridgehead atoms. The first-order chi connectivity index (χ1) is 20.8. The summed E-state index contributed by atoms with van der Waals surface area (Å²) in [7, 11) is 0. The van der Waals surface area contributed by atoms with Crippen LogP contribution in [0.25, 0.3) is 94.1 Å². The highest BCUT2D eigenvalue weighted by molar-refractivity contribution is 6.19. The molecule has 194 valence electrons. The number of hydrogen-bond acceptors (Lipinski definition) is 3. The average molecular weight is 536 g/mol. The van der Waals surface area contributed by atoms with Crippen LogP contribution in [0.2, 0.25) is 0 Å². The van der Waals surface area contributed by atoms with Gasteiger partial charge < -0.3 is 4.42 Å². The standard InChI is InChI=1S/C38H21N3O/c1-2-12-27-26(11-1)35-23(22-17-20-34-29(21-22)25-10-4-8-16-33(25)42-34)18-19-28-24-9-3-7-15-32(24)41(37(28)35)38-36(27)39-30-13-5-6-14-31(30)40-38/h1-21H. The predicted molar refractivity (Wildman–Crippen MR) is 171 cm³/mol. The zero-order valence-corrected chi connectivity index (χ0v) is 22.4. The van der Waals surface area contributed by atoms with Crippen molar-refractivity contribution in [2.24, 2.45) is 0 Å². The summed E-state index contributed by atoms with van der Waals surface area (Å²) < 4.78 is 8.51. The first-order valence-corrected chi connectivity index (χ1v) is 14.2. The molecule has 10 rings (SSSR count). The first-order valence-electron chi connectivity index (χ1n) is 14.2. The minimum Gasteiger partial charge on any atom is -0.456 e. The molecule has 4 heteroatoms. The van der Waals surface area contributed by atoms with E-state index in [1.807, 2.05) is 36.4 Å². The number of fused-ring (bicyclic) bond motifs is 12. The highest BCUT2D eigenvalue weighted by Gasteiger charge is 2.28. The predicted octanol–water partition coefficient (Wildman–Crippen LogP) is 9.94. The van der Waals surface area contributed by atoms with Crippen molar-refractivity contribution in [3.63, 3.8) is 0 Å². The molecule has 1 aliphatic rings. The van der Waals surface area contributed by atoms with E-state index < -0.39 is 0 Å². The van der Waals surface area contributed by atoms with Crippen LogP contribution in [0.3, 0.4) is 0 Å². The Bertz CT molecular complexity index is 2590. The van der Waals surface area contributed by atoms with E-state index in [0.29, 0.717) is 0 Å². The third kappa shape index (κ3) is 2.80. The van der Waals surface area contributed by atoms with Crippen LogP contribution in [0.5, 0.6) is 0 Å². The van der Waals surface area contributed by atoms with Gasteiger partial charge in [0.1, 0.15) is 16.9 Å². The molecular formula is C38H21N3O. The normalized spacial score (nSPS) is 12.3. The molecule has 6 aromatic carbocycles. The maximum atomic E-state index is 6.18. The van der Waals surface area contributed by atoms with Crippen molar-refractivity contribution in [1.82, 2.24) is 14.5 Å². The summed E-state index contributed by atoms with van der Waals surface area (Å²) in [4.78, 5) is 10.5. The van der Waals surface area contributed by atoms with Crippen molar-refractivity contribution >= 4 is 54.8 Å². The summed E-state index contributed by atoms with van der Waals surface area (Å²) in [6.07, 6.45) is 0. The lowest BCUT2D eigenvalue weighted by Crippen LogP contribution is -2.02. The Labute approximate surface area is 240 Å². The van der Waals surface area contributed by atoms with Crippen LogP contribution in [-0.2, 0) is 0 Å². The van der Waals surface area contributed by atoms with Crippen LogP contribution in [0.4, 0.5) is 0 Å². The fourth-order valence-electron chi connectivity index (χ4n) is 6.92. The van der Waals surface area contributed by atoms with E-state index in [1.54, 1.807) is 0 Å². The SMILES string of the molecule is c1ccc2c(c1)-c1nc3ccccc3nc1-n1c3ccccc3c3ccc(-c4ccc5oc6ccccc6c5c4)c-2c31. The largest absolute Gasteiger partial charge is 0.456 e. The van der Waals surface area contributed by atoms with Gasteiger partial charge >= 0.3 is 0 Å². The molecule has 0 atom stereocenters. The lowest BCUT2D eigenvalue weighted by atomic mass is 9.89. The lowest BCUT2D eigenvalue weighted by Gasteiger charge is -2.14. The van der Waals surface area contributed by atoms with E-state index in [2.05, 4.69) is 95.6 Å². The number of aromatic nitrogens is 3. The van der Waals surface area contributed by atoms with Gasteiger partial charge in [-0.2, -0.15) is 0 Å². The fraction of sp³-hybridized carbons (Fsp3) is 0. The Hall–Kier alpha value is -5.74. The van der Waals surface area contributed by atoms with Crippen molar-refractivity contribution in [3.05, 3.63) is 127 Å². The minimum atomic E-state index is 0.861. The second-order valence-corrected chi connectivity index (χ2v) is 11.0. The van der Waals surface area contributed by atoms with Crippen molar-refractivity contribution in [2.75, 3.05) is 0 Å². The third-order valence-corrected chi connectivity index (χ3v) is 8.74. The van der Waals surface area contributed by atoms with Crippen LogP contribution >= 0.6 is 0 Å². The van der Waals surface area contributed by atoms with Crippen molar-refractivity contribution in [1.29, 1.82) is 0 Å². The monoisotopic (exact) mass is 535 g/mol. The Balaban J connectivity index is 1.40. The highest BCUT2D eigenvalue weighted by Crippen LogP contribution is 2.49. The second kappa shape index (κ2) is 7.93. The van der Waals surface area contributed by atoms with Gasteiger partial charge in [-0.15, -0.1) is 0 Å². The van der Waals surface area contributed by atoms with Crippen LogP contribution < -0.4 is 0 Å². The number of rotatable bonds is 1. The molecule has 0 radical (unpaired) electrons. The van der Waals surface area contributed by atoms with Gasteiger partial charge in [0.15, 0.2) is 5.82 Å². The highest BCUT2D eigenvalue weighted by atomic mass is 16.3. The van der Waals surface area contributed by atoms with Crippen molar-refractivity contribution < 1.29 is 4.42 Å². The van der Waals surface area contributed by atoms with Gasteiger partial charge in [0.05, 0.1) is 22.1 Å². The molecule has 0 saturated heterocycles. The van der Waals surface area contributed by atoms with Gasteiger partial charge in [-0.25, -0.2) is 9.97 Å². The molecular weight excluding hydrogens is 514 g/mol. The Morgan fingerprint density at radius 2 is 1.21 bits per heavy atom. The Morgan fingerprint density at radius 1 is 0.500 bits per heavy atom. The summed E-state index contributed by atoms with van der Waals surface area (Å²) in [5.41, 5.74) is 12.5. The molecule has 42 heavy (non-hydrogen) atoms. The first kappa shape index (κ1) is 22.0. The van der Waals surface area contributed by atoms with Gasteiger partial charge in [0.25, 0.3) is 0 Å². The van der Waals surface area contributed by atoms with Gasteiger partial charge in [-0.1, -0.05) is 91.0 Å². The topological polar surface area (TPSA) is 43.9 Å². The molecule has 0 unspecified atom stereocenters. The summed E-state index contributed by atoms with van der Waals surface area (Å²) in [5, 5.41) is 4.66. The fourth-order valence-corrected chi connectivity index (χ4v) is 6.92. The molecule has 0 amide bonds. The number of para-hydroxylation sites is 4. The quantitative estimate of drug-likeness (QED) is 0.210. The molecule has 0 saturated carbocycles. The van der Waals surface area contributed by atoms with Crippen LogP contribution in [0.15, 0.2) is 132 Å². The van der Waals surface area contributed by atoms with Crippen LogP contribution in [-0.4, -0.2) is 14.5 Å². The molecule has 4 nitrogen and oxygen atoms in total. The van der Waals surface area contributed by atoms with E-state index in [0.717, 1.165) is 72.2 Å². The second-order valence-electron chi connectivity index (χ2n) is 11.0. The van der Waals surface area contributed by atoms with Crippen molar-refractivity contribution in [3.8, 4) is 39.3 Å². The summed E-state index contributed by atoms with van der Waals surface area (Å²) >= 11 is 0. The molecule has 0 spiro atoms. The molecule has 0 N–H and O–H groups in total. The smallest absolute Gasteiger partial charge is 0.165 e. The van der Waals surface area contributed by atoms with Crippen molar-refractivity contribution in [2.45, 2.75) is 0 Å². The summed E-state index contributed by atoms with van der Waals surface area (Å²) in [6.45, 7) is 0. The molecule has 0 aliphatic carbocycles. The molecule has 3 aromatic heterocycles. The van der Waals surface area contributed by atoms with Crippen LogP contribution in [0, 0.1) is 0 Å². The van der Waals surface area contributed by atoms with Gasteiger partial charge in [0, 0.05) is 32.7 Å². The zero-order valence-electron chi connectivity index (χ0n) is 22.4. The summed E-state index contributed by atoms with van der Waals surface area (Å²) in [5.74, 6) is 0.861. The van der Waals surface area contributed by atoms with Gasteiger partial charge in [-0.3, -0.25) is 4.57 Å². The van der Waals surface area contributed by atoms with E-state index >= 15 is 0 Å². The van der Waals surface area contributed by atoms with E-state index in [-0.39, 0.29) is 0 Å². The zero-order chi connectivity index (χ0) is 27.4. The Morgan fingerprint density at radius 3 is 2.12 bits per heavy atom. The molecule has 9 aromatic rings. The summed E-state index contributed by atoms with van der Waals surface area (Å²) in [6, 6.07) is 44.8. The van der Waals surface area contributed by atoms with E-state index in [1.165, 1.54) is 21.9 Å². The molecule has 4 heterocycles. The maximum Gasteiger partial charge on any atom is 0.165 e. The maximum absolute atomic E-state index is 6.18.